The third kappa shape index (κ3) is 2.80. The molecule has 4 heteroatoms. The predicted molar refractivity (Wildman–Crippen MR) is 85.2 cm³/mol. The van der Waals surface area contributed by atoms with Gasteiger partial charge in [-0.2, -0.15) is 0 Å². The van der Waals surface area contributed by atoms with Gasteiger partial charge in [-0.3, -0.25) is 0 Å². The van der Waals surface area contributed by atoms with E-state index in [9.17, 15) is 0 Å². The lowest BCUT2D eigenvalue weighted by Gasteiger charge is -2.09. The van der Waals surface area contributed by atoms with Gasteiger partial charge < -0.3 is 18.9 Å². The topological polar surface area (TPSA) is 43.5 Å². The van der Waals surface area contributed by atoms with Crippen molar-refractivity contribution in [2.24, 2.45) is 0 Å². The molecule has 2 aliphatic heterocycles. The van der Waals surface area contributed by atoms with Gasteiger partial charge in [-0.15, -0.1) is 0 Å². The van der Waals surface area contributed by atoms with Crippen molar-refractivity contribution in [1.29, 1.82) is 0 Å². The lowest BCUT2D eigenvalue weighted by molar-refractivity contribution is 0.263. The summed E-state index contributed by atoms with van der Waals surface area (Å²) >= 11 is 0. The zero-order valence-electron chi connectivity index (χ0n) is 12.8. The van der Waals surface area contributed by atoms with Crippen molar-refractivity contribution in [3.63, 3.8) is 0 Å². The molecule has 0 radical (unpaired) electrons. The van der Waals surface area contributed by atoms with Gasteiger partial charge in [0.25, 0.3) is 0 Å². The third-order valence-corrected chi connectivity index (χ3v) is 4.51. The predicted octanol–water partition coefficient (Wildman–Crippen LogP) is 2.81. The molecule has 1 aliphatic carbocycles. The Morgan fingerprint density at radius 1 is 0.783 bits per heavy atom. The van der Waals surface area contributed by atoms with Crippen molar-refractivity contribution in [2.45, 2.75) is 18.6 Å². The van der Waals surface area contributed by atoms with Crippen molar-refractivity contribution >= 4 is 0 Å². The molecule has 0 N–H and O–H groups in total. The van der Waals surface area contributed by atoms with E-state index in [1.165, 1.54) is 22.3 Å². The van der Waals surface area contributed by atoms with Crippen LogP contribution in [0, 0.1) is 0 Å². The van der Waals surface area contributed by atoms with Gasteiger partial charge in [-0.25, -0.2) is 0 Å². The highest BCUT2D eigenvalue weighted by atomic mass is 16.6. The fourth-order valence-corrected chi connectivity index (χ4v) is 3.01. The highest BCUT2D eigenvalue weighted by Gasteiger charge is 2.25. The molecule has 2 atom stereocenters. The molecule has 118 valence electrons. The van der Waals surface area contributed by atoms with Crippen LogP contribution in [-0.4, -0.2) is 38.6 Å². The molecule has 23 heavy (non-hydrogen) atoms. The van der Waals surface area contributed by atoms with Gasteiger partial charge in [0.05, 0.1) is 13.2 Å². The molecule has 4 nitrogen and oxygen atoms in total. The maximum atomic E-state index is 5.81. The summed E-state index contributed by atoms with van der Waals surface area (Å²) in [5.74, 6) is 1.81. The fraction of sp³-hybridized carbons (Fsp3) is 0.368. The van der Waals surface area contributed by atoms with Crippen molar-refractivity contribution in [1.82, 2.24) is 0 Å². The molecule has 0 saturated carbocycles. The molecular formula is C19H18O4. The van der Waals surface area contributed by atoms with Gasteiger partial charge in [0, 0.05) is 0 Å². The number of hydrogen-bond donors (Lipinski definition) is 0. The summed E-state index contributed by atoms with van der Waals surface area (Å²) in [5, 5.41) is 0. The molecular weight excluding hydrogens is 292 g/mol. The molecule has 2 heterocycles. The van der Waals surface area contributed by atoms with Crippen LogP contribution in [0.4, 0.5) is 0 Å². The Labute approximate surface area is 134 Å². The molecule has 0 aromatic heterocycles. The number of benzene rings is 2. The monoisotopic (exact) mass is 310 g/mol. The Morgan fingerprint density at radius 2 is 1.26 bits per heavy atom. The SMILES string of the molecule is c1cc2c(cc1OCC1CO1)-c1cc(OCC3CO3)ccc1C2. The van der Waals surface area contributed by atoms with Crippen molar-refractivity contribution in [3.8, 4) is 22.6 Å². The number of rotatable bonds is 6. The van der Waals surface area contributed by atoms with Gasteiger partial charge in [0.1, 0.15) is 36.9 Å². The molecule has 0 bridgehead atoms. The molecule has 2 aromatic rings. The normalized spacial score (nSPS) is 23.1. The average molecular weight is 310 g/mol. The Morgan fingerprint density at radius 3 is 1.70 bits per heavy atom. The zero-order valence-corrected chi connectivity index (χ0v) is 12.8. The Hall–Kier alpha value is -2.04. The first-order valence-electron chi connectivity index (χ1n) is 8.10. The van der Waals surface area contributed by atoms with Gasteiger partial charge in [-0.1, -0.05) is 12.1 Å². The van der Waals surface area contributed by atoms with Gasteiger partial charge in [0.2, 0.25) is 0 Å². The molecule has 2 aromatic carbocycles. The average Bonchev–Trinajstić information content (AvgIpc) is 3.48. The summed E-state index contributed by atoms with van der Waals surface area (Å²) in [7, 11) is 0. The molecule has 0 amide bonds. The van der Waals surface area contributed by atoms with Crippen LogP contribution in [0.1, 0.15) is 11.1 Å². The van der Waals surface area contributed by atoms with E-state index in [0.29, 0.717) is 13.2 Å². The second kappa shape index (κ2) is 5.25. The molecule has 2 unspecified atom stereocenters. The highest BCUT2D eigenvalue weighted by molar-refractivity contribution is 5.78. The third-order valence-electron chi connectivity index (χ3n) is 4.51. The first kappa shape index (κ1) is 13.4. The summed E-state index contributed by atoms with van der Waals surface area (Å²) < 4.78 is 22.0. The standard InChI is InChI=1S/C19H18O4/c1-3-14(20-8-16-10-22-16)6-18-12(1)5-13-2-4-15(7-19(13)18)21-9-17-11-23-17/h1-4,6-7,16-17H,5,8-11H2. The highest BCUT2D eigenvalue weighted by Crippen LogP contribution is 2.40. The number of fused-ring (bicyclic) bond motifs is 3. The summed E-state index contributed by atoms with van der Waals surface area (Å²) in [5.41, 5.74) is 5.19. The lowest BCUT2D eigenvalue weighted by Crippen LogP contribution is -2.04. The van der Waals surface area contributed by atoms with E-state index in [2.05, 4.69) is 36.4 Å². The van der Waals surface area contributed by atoms with E-state index >= 15 is 0 Å². The molecule has 3 aliphatic rings. The second-order valence-electron chi connectivity index (χ2n) is 6.35. The Balaban J connectivity index is 1.39. The van der Waals surface area contributed by atoms with Crippen molar-refractivity contribution in [3.05, 3.63) is 47.5 Å². The lowest BCUT2D eigenvalue weighted by atomic mass is 10.1. The smallest absolute Gasteiger partial charge is 0.120 e. The molecule has 5 rings (SSSR count). The Bertz CT molecular complexity index is 684. The van der Waals surface area contributed by atoms with Crippen LogP contribution >= 0.6 is 0 Å². The van der Waals surface area contributed by atoms with Gasteiger partial charge in [-0.05, 0) is 52.9 Å². The van der Waals surface area contributed by atoms with E-state index in [0.717, 1.165) is 31.1 Å². The summed E-state index contributed by atoms with van der Waals surface area (Å²) in [6.07, 6.45) is 1.53. The largest absolute Gasteiger partial charge is 0.491 e. The minimum atomic E-state index is 0.278. The van der Waals surface area contributed by atoms with Crippen molar-refractivity contribution < 1.29 is 18.9 Å². The van der Waals surface area contributed by atoms with Crippen LogP contribution < -0.4 is 9.47 Å². The number of hydrogen-bond acceptors (Lipinski definition) is 4. The second-order valence-corrected chi connectivity index (χ2v) is 6.35. The van der Waals surface area contributed by atoms with Crippen LogP contribution in [0.15, 0.2) is 36.4 Å². The van der Waals surface area contributed by atoms with Crippen LogP contribution in [0.25, 0.3) is 11.1 Å². The van der Waals surface area contributed by atoms with E-state index in [1.54, 1.807) is 0 Å². The fourth-order valence-electron chi connectivity index (χ4n) is 3.01. The van der Waals surface area contributed by atoms with E-state index in [4.69, 9.17) is 18.9 Å². The van der Waals surface area contributed by atoms with E-state index in [1.807, 2.05) is 0 Å². The van der Waals surface area contributed by atoms with E-state index in [-0.39, 0.29) is 12.2 Å². The van der Waals surface area contributed by atoms with Gasteiger partial charge >= 0.3 is 0 Å². The maximum Gasteiger partial charge on any atom is 0.120 e. The summed E-state index contributed by atoms with van der Waals surface area (Å²) in [4.78, 5) is 0. The summed E-state index contributed by atoms with van der Waals surface area (Å²) in [6.45, 7) is 2.91. The van der Waals surface area contributed by atoms with Crippen LogP contribution in [-0.2, 0) is 15.9 Å². The van der Waals surface area contributed by atoms with E-state index < -0.39 is 0 Å². The maximum absolute atomic E-state index is 5.81. The summed E-state index contributed by atoms with van der Waals surface area (Å²) in [6, 6.07) is 12.7. The van der Waals surface area contributed by atoms with Crippen LogP contribution in [0.5, 0.6) is 11.5 Å². The zero-order chi connectivity index (χ0) is 15.2. The molecule has 2 saturated heterocycles. The minimum Gasteiger partial charge on any atom is -0.491 e. The van der Waals surface area contributed by atoms with Gasteiger partial charge in [0.15, 0.2) is 0 Å². The molecule has 0 spiro atoms. The number of ether oxygens (including phenoxy) is 4. The van der Waals surface area contributed by atoms with Crippen LogP contribution in [0.3, 0.4) is 0 Å². The number of epoxide rings is 2. The first-order valence-corrected chi connectivity index (χ1v) is 8.10. The van der Waals surface area contributed by atoms with Crippen LogP contribution in [0.2, 0.25) is 0 Å². The Kier molecular flexibility index (Phi) is 3.06. The quantitative estimate of drug-likeness (QED) is 0.657. The van der Waals surface area contributed by atoms with Crippen molar-refractivity contribution in [2.75, 3.05) is 26.4 Å². The first-order chi connectivity index (χ1) is 11.3. The minimum absolute atomic E-state index is 0.278. The molecule has 2 fully saturated rings.